The molecule has 0 saturated heterocycles. The van der Waals surface area contributed by atoms with Gasteiger partial charge in [-0.3, -0.25) is 9.67 Å². The number of hydrogen-bond acceptors (Lipinski definition) is 3. The average molecular weight is 192 g/mol. The van der Waals surface area contributed by atoms with Crippen molar-refractivity contribution in [1.82, 2.24) is 14.8 Å². The summed E-state index contributed by atoms with van der Waals surface area (Å²) in [5.74, 6) is 0.149. The average Bonchev–Trinajstić information content (AvgIpc) is 2.47. The second kappa shape index (κ2) is 3.10. The normalized spacial score (nSPS) is 10.4. The Morgan fingerprint density at radius 2 is 2.14 bits per heavy atom. The van der Waals surface area contributed by atoms with Crippen LogP contribution in [0.2, 0.25) is 0 Å². The van der Waals surface area contributed by atoms with E-state index in [9.17, 15) is 4.39 Å². The Balaban J connectivity index is 2.49. The molecule has 0 bridgehead atoms. The molecule has 0 aliphatic heterocycles. The third kappa shape index (κ3) is 1.44. The first-order chi connectivity index (χ1) is 6.66. The van der Waals surface area contributed by atoms with E-state index >= 15 is 0 Å². The Bertz CT molecular complexity index is 444. The van der Waals surface area contributed by atoms with E-state index in [1.165, 1.54) is 10.7 Å². The van der Waals surface area contributed by atoms with Gasteiger partial charge in [0.1, 0.15) is 11.6 Å². The summed E-state index contributed by atoms with van der Waals surface area (Å²) in [5, 5.41) is 4.11. The lowest BCUT2D eigenvalue weighted by Gasteiger charge is -1.94. The van der Waals surface area contributed by atoms with Crippen LogP contribution in [0.1, 0.15) is 0 Å². The van der Waals surface area contributed by atoms with Gasteiger partial charge in [0, 0.05) is 24.9 Å². The lowest BCUT2D eigenvalue weighted by atomic mass is 10.2. The molecule has 2 aromatic rings. The van der Waals surface area contributed by atoms with E-state index in [-0.39, 0.29) is 5.82 Å². The number of hydrogen-bond donors (Lipinski definition) is 1. The van der Waals surface area contributed by atoms with Gasteiger partial charge in [-0.25, -0.2) is 4.39 Å². The van der Waals surface area contributed by atoms with Crippen LogP contribution >= 0.6 is 0 Å². The number of nitrogens with zero attached hydrogens (tertiary/aromatic N) is 3. The summed E-state index contributed by atoms with van der Waals surface area (Å²) in [6.07, 6.45) is 2.70. The van der Waals surface area contributed by atoms with Gasteiger partial charge in [0.25, 0.3) is 0 Å². The molecule has 5 heteroatoms. The first kappa shape index (κ1) is 8.68. The van der Waals surface area contributed by atoms with Crippen LogP contribution in [0.4, 0.5) is 10.2 Å². The van der Waals surface area contributed by atoms with Gasteiger partial charge in [0.15, 0.2) is 0 Å². The molecule has 0 aliphatic carbocycles. The van der Waals surface area contributed by atoms with Gasteiger partial charge in [-0.1, -0.05) is 0 Å². The standard InChI is InChI=1S/C9H9FN4/c1-14-9(11)3-8(13-14)6-2-7(10)5-12-4-6/h2-5H,11H2,1H3. The van der Waals surface area contributed by atoms with Gasteiger partial charge in [0.05, 0.1) is 11.9 Å². The second-order valence-electron chi connectivity index (χ2n) is 2.97. The number of halogens is 1. The molecule has 0 fully saturated rings. The van der Waals surface area contributed by atoms with Crippen LogP contribution in [0.3, 0.4) is 0 Å². The number of anilines is 1. The predicted molar refractivity (Wildman–Crippen MR) is 50.8 cm³/mol. The summed E-state index contributed by atoms with van der Waals surface area (Å²) in [7, 11) is 1.73. The fourth-order valence-corrected chi connectivity index (χ4v) is 1.17. The Morgan fingerprint density at radius 3 is 2.71 bits per heavy atom. The largest absolute Gasteiger partial charge is 0.384 e. The number of nitrogens with two attached hydrogens (primary N) is 1. The topological polar surface area (TPSA) is 56.7 Å². The smallest absolute Gasteiger partial charge is 0.142 e. The number of rotatable bonds is 1. The van der Waals surface area contributed by atoms with Crippen molar-refractivity contribution in [3.8, 4) is 11.3 Å². The summed E-state index contributed by atoms with van der Waals surface area (Å²) >= 11 is 0. The molecule has 0 atom stereocenters. The van der Waals surface area contributed by atoms with Gasteiger partial charge in [-0.2, -0.15) is 5.10 Å². The highest BCUT2D eigenvalue weighted by molar-refractivity contribution is 5.61. The number of pyridine rings is 1. The van der Waals surface area contributed by atoms with Gasteiger partial charge < -0.3 is 5.73 Å². The fourth-order valence-electron chi connectivity index (χ4n) is 1.17. The highest BCUT2D eigenvalue weighted by Gasteiger charge is 2.05. The molecule has 0 aromatic carbocycles. The Hall–Kier alpha value is -1.91. The number of nitrogen functional groups attached to an aromatic ring is 1. The van der Waals surface area contributed by atoms with Crippen LogP contribution in [-0.4, -0.2) is 14.8 Å². The third-order valence-electron chi connectivity index (χ3n) is 1.92. The monoisotopic (exact) mass is 192 g/mol. The molecule has 0 radical (unpaired) electrons. The summed E-state index contributed by atoms with van der Waals surface area (Å²) < 4.78 is 14.4. The van der Waals surface area contributed by atoms with E-state index in [2.05, 4.69) is 10.1 Å². The molecule has 0 unspecified atom stereocenters. The van der Waals surface area contributed by atoms with Crippen molar-refractivity contribution in [2.24, 2.45) is 7.05 Å². The van der Waals surface area contributed by atoms with Crippen LogP contribution < -0.4 is 5.73 Å². The fraction of sp³-hybridized carbons (Fsp3) is 0.111. The minimum atomic E-state index is -0.383. The quantitative estimate of drug-likeness (QED) is 0.738. The zero-order valence-corrected chi connectivity index (χ0v) is 7.61. The van der Waals surface area contributed by atoms with Crippen molar-refractivity contribution >= 4 is 5.82 Å². The van der Waals surface area contributed by atoms with E-state index in [1.54, 1.807) is 19.3 Å². The molecule has 2 aromatic heterocycles. The van der Waals surface area contributed by atoms with E-state index < -0.39 is 0 Å². The second-order valence-corrected chi connectivity index (χ2v) is 2.97. The van der Waals surface area contributed by atoms with Crippen molar-refractivity contribution in [3.05, 3.63) is 30.3 Å². The van der Waals surface area contributed by atoms with Crippen molar-refractivity contribution in [2.45, 2.75) is 0 Å². The molecular formula is C9H9FN4. The SMILES string of the molecule is Cn1nc(-c2cncc(F)c2)cc1N. The van der Waals surface area contributed by atoms with Crippen LogP contribution in [0, 0.1) is 5.82 Å². The molecule has 4 nitrogen and oxygen atoms in total. The molecule has 14 heavy (non-hydrogen) atoms. The third-order valence-corrected chi connectivity index (χ3v) is 1.92. The molecular weight excluding hydrogens is 183 g/mol. The highest BCUT2D eigenvalue weighted by atomic mass is 19.1. The highest BCUT2D eigenvalue weighted by Crippen LogP contribution is 2.19. The number of aryl methyl sites for hydroxylation is 1. The Morgan fingerprint density at radius 1 is 1.36 bits per heavy atom. The first-order valence-corrected chi connectivity index (χ1v) is 4.07. The van der Waals surface area contributed by atoms with E-state index in [1.807, 2.05) is 0 Å². The lowest BCUT2D eigenvalue weighted by molar-refractivity contribution is 0.622. The maximum absolute atomic E-state index is 12.8. The molecule has 2 N–H and O–H groups in total. The molecule has 72 valence electrons. The summed E-state index contributed by atoms with van der Waals surface area (Å²) in [6, 6.07) is 3.05. The Labute approximate surface area is 80.2 Å². The van der Waals surface area contributed by atoms with Crippen LogP contribution in [-0.2, 0) is 7.05 Å². The van der Waals surface area contributed by atoms with Crippen LogP contribution in [0.25, 0.3) is 11.3 Å². The van der Waals surface area contributed by atoms with Crippen LogP contribution in [0.5, 0.6) is 0 Å². The minimum Gasteiger partial charge on any atom is -0.384 e. The molecule has 2 heterocycles. The van der Waals surface area contributed by atoms with Crippen LogP contribution in [0.15, 0.2) is 24.5 Å². The van der Waals surface area contributed by atoms with Gasteiger partial charge in [-0.05, 0) is 6.07 Å². The van der Waals surface area contributed by atoms with E-state index in [0.29, 0.717) is 17.1 Å². The summed E-state index contributed by atoms with van der Waals surface area (Å²) in [6.45, 7) is 0. The van der Waals surface area contributed by atoms with Gasteiger partial charge in [0.2, 0.25) is 0 Å². The summed E-state index contributed by atoms with van der Waals surface area (Å²) in [5.41, 5.74) is 6.85. The van der Waals surface area contributed by atoms with Gasteiger partial charge >= 0.3 is 0 Å². The van der Waals surface area contributed by atoms with Crippen molar-refractivity contribution in [1.29, 1.82) is 0 Å². The summed E-state index contributed by atoms with van der Waals surface area (Å²) in [4.78, 5) is 3.73. The minimum absolute atomic E-state index is 0.383. The maximum atomic E-state index is 12.8. The molecule has 0 amide bonds. The van der Waals surface area contributed by atoms with Gasteiger partial charge in [-0.15, -0.1) is 0 Å². The maximum Gasteiger partial charge on any atom is 0.142 e. The van der Waals surface area contributed by atoms with E-state index in [0.717, 1.165) is 6.20 Å². The van der Waals surface area contributed by atoms with E-state index in [4.69, 9.17) is 5.73 Å². The number of aromatic nitrogens is 3. The molecule has 0 spiro atoms. The van der Waals surface area contributed by atoms with Crippen molar-refractivity contribution in [3.63, 3.8) is 0 Å². The predicted octanol–water partition coefficient (Wildman–Crippen LogP) is 1.20. The molecule has 0 aliphatic rings. The zero-order valence-electron chi connectivity index (χ0n) is 7.61. The molecule has 2 rings (SSSR count). The van der Waals surface area contributed by atoms with Crippen molar-refractivity contribution < 1.29 is 4.39 Å². The molecule has 0 saturated carbocycles. The lowest BCUT2D eigenvalue weighted by Crippen LogP contribution is -1.96. The first-order valence-electron chi connectivity index (χ1n) is 4.07. The van der Waals surface area contributed by atoms with Crippen molar-refractivity contribution in [2.75, 3.05) is 5.73 Å². The Kier molecular flexibility index (Phi) is 1.92. The zero-order chi connectivity index (χ0) is 10.1.